The maximum atomic E-state index is 11.8. The second-order valence-corrected chi connectivity index (χ2v) is 5.88. The summed E-state index contributed by atoms with van der Waals surface area (Å²) in [6, 6.07) is 0.223. The summed E-state index contributed by atoms with van der Waals surface area (Å²) < 4.78 is 0. The van der Waals surface area contributed by atoms with Crippen LogP contribution in [0.25, 0.3) is 0 Å². The van der Waals surface area contributed by atoms with Crippen molar-refractivity contribution in [2.75, 3.05) is 26.2 Å². The second-order valence-electron chi connectivity index (χ2n) is 5.88. The number of carboxylic acids is 1. The molecule has 2 heterocycles. The Labute approximate surface area is 108 Å². The Kier molecular flexibility index (Phi) is 3.90. The number of carboxylic acid groups (broad SMARTS) is 1. The standard InChI is InChI=1S/C13H22N2O3/c1-9(2)6-14-4-3-11(8-14)15-7-10(13(17)18)5-12(15)16/h9-11H,3-8H2,1-2H3,(H,17,18). The van der Waals surface area contributed by atoms with Gasteiger partial charge in [-0.05, 0) is 12.3 Å². The summed E-state index contributed by atoms with van der Waals surface area (Å²) in [5, 5.41) is 8.97. The van der Waals surface area contributed by atoms with Gasteiger partial charge in [-0.25, -0.2) is 0 Å². The Morgan fingerprint density at radius 1 is 1.44 bits per heavy atom. The second kappa shape index (κ2) is 5.26. The summed E-state index contributed by atoms with van der Waals surface area (Å²) in [7, 11) is 0. The maximum absolute atomic E-state index is 11.8. The van der Waals surface area contributed by atoms with Crippen LogP contribution < -0.4 is 0 Å². The summed E-state index contributed by atoms with van der Waals surface area (Å²) in [5.74, 6) is -0.705. The predicted molar refractivity (Wildman–Crippen MR) is 67.1 cm³/mol. The first-order chi connectivity index (χ1) is 8.47. The highest BCUT2D eigenvalue weighted by Gasteiger charge is 2.40. The van der Waals surface area contributed by atoms with Gasteiger partial charge in [0.05, 0.1) is 5.92 Å². The number of likely N-dealkylation sites (tertiary alicyclic amines) is 2. The first-order valence-electron chi connectivity index (χ1n) is 6.72. The molecule has 2 aliphatic rings. The SMILES string of the molecule is CC(C)CN1CCC(N2CC(C(=O)O)CC2=O)C1. The number of amides is 1. The van der Waals surface area contributed by atoms with Crippen molar-refractivity contribution in [3.05, 3.63) is 0 Å². The van der Waals surface area contributed by atoms with Crippen molar-refractivity contribution in [3.8, 4) is 0 Å². The quantitative estimate of drug-likeness (QED) is 0.800. The first-order valence-corrected chi connectivity index (χ1v) is 6.72. The van der Waals surface area contributed by atoms with Crippen molar-refractivity contribution in [2.45, 2.75) is 32.7 Å². The molecular formula is C13H22N2O3. The van der Waals surface area contributed by atoms with Gasteiger partial charge in [0.25, 0.3) is 0 Å². The molecule has 2 aliphatic heterocycles. The Bertz CT molecular complexity index is 343. The van der Waals surface area contributed by atoms with E-state index < -0.39 is 11.9 Å². The number of aliphatic carboxylic acids is 1. The minimum absolute atomic E-state index is 0.0128. The van der Waals surface area contributed by atoms with E-state index >= 15 is 0 Å². The highest BCUT2D eigenvalue weighted by molar-refractivity contribution is 5.86. The van der Waals surface area contributed by atoms with Gasteiger partial charge < -0.3 is 14.9 Å². The normalized spacial score (nSPS) is 29.5. The van der Waals surface area contributed by atoms with Gasteiger partial charge in [0.15, 0.2) is 0 Å². The Morgan fingerprint density at radius 3 is 2.72 bits per heavy atom. The molecule has 2 atom stereocenters. The molecule has 0 aromatic heterocycles. The summed E-state index contributed by atoms with van der Waals surface area (Å²) in [6.07, 6.45) is 1.15. The molecule has 2 saturated heterocycles. The molecule has 0 radical (unpaired) electrons. The molecule has 0 aliphatic carbocycles. The van der Waals surface area contributed by atoms with Crippen LogP contribution in [0.3, 0.4) is 0 Å². The van der Waals surface area contributed by atoms with Crippen LogP contribution in [0.2, 0.25) is 0 Å². The Morgan fingerprint density at radius 2 is 2.17 bits per heavy atom. The Balaban J connectivity index is 1.90. The zero-order chi connectivity index (χ0) is 13.3. The minimum Gasteiger partial charge on any atom is -0.481 e. The maximum Gasteiger partial charge on any atom is 0.308 e. The summed E-state index contributed by atoms with van der Waals surface area (Å²) >= 11 is 0. The van der Waals surface area contributed by atoms with Crippen molar-refractivity contribution in [2.24, 2.45) is 11.8 Å². The first kappa shape index (κ1) is 13.3. The lowest BCUT2D eigenvalue weighted by atomic mass is 10.1. The van der Waals surface area contributed by atoms with Gasteiger partial charge in [-0.15, -0.1) is 0 Å². The number of nitrogens with zero attached hydrogens (tertiary/aromatic N) is 2. The fourth-order valence-corrected chi connectivity index (χ4v) is 3.00. The summed E-state index contributed by atoms with van der Waals surface area (Å²) in [4.78, 5) is 26.9. The highest BCUT2D eigenvalue weighted by Crippen LogP contribution is 2.25. The predicted octanol–water partition coefficient (Wildman–Crippen LogP) is 0.650. The molecule has 2 unspecified atom stereocenters. The van der Waals surface area contributed by atoms with E-state index in [1.54, 1.807) is 4.90 Å². The van der Waals surface area contributed by atoms with Gasteiger partial charge in [0.1, 0.15) is 0 Å². The Hall–Kier alpha value is -1.10. The largest absolute Gasteiger partial charge is 0.481 e. The van der Waals surface area contributed by atoms with Crippen LogP contribution in [0.4, 0.5) is 0 Å². The zero-order valence-electron chi connectivity index (χ0n) is 11.1. The van der Waals surface area contributed by atoms with Crippen molar-refractivity contribution < 1.29 is 14.7 Å². The molecule has 0 aromatic carbocycles. The molecule has 5 heteroatoms. The smallest absolute Gasteiger partial charge is 0.308 e. The van der Waals surface area contributed by atoms with E-state index in [2.05, 4.69) is 18.7 Å². The lowest BCUT2D eigenvalue weighted by Crippen LogP contribution is -2.39. The average Bonchev–Trinajstić information content (AvgIpc) is 2.83. The molecule has 2 rings (SSSR count). The molecule has 5 nitrogen and oxygen atoms in total. The summed E-state index contributed by atoms with van der Waals surface area (Å²) in [5.41, 5.74) is 0. The van der Waals surface area contributed by atoms with Gasteiger partial charge >= 0.3 is 5.97 Å². The number of rotatable bonds is 4. The van der Waals surface area contributed by atoms with Gasteiger partial charge in [-0.1, -0.05) is 13.8 Å². The van der Waals surface area contributed by atoms with Crippen LogP contribution in [0.5, 0.6) is 0 Å². The third-order valence-corrected chi connectivity index (χ3v) is 3.82. The van der Waals surface area contributed by atoms with E-state index in [0.717, 1.165) is 26.1 Å². The van der Waals surface area contributed by atoms with Gasteiger partial charge in [0.2, 0.25) is 5.91 Å². The van der Waals surface area contributed by atoms with E-state index in [0.29, 0.717) is 12.5 Å². The van der Waals surface area contributed by atoms with Crippen LogP contribution in [0.15, 0.2) is 0 Å². The third kappa shape index (κ3) is 2.83. The molecule has 1 N–H and O–H groups in total. The van der Waals surface area contributed by atoms with Gasteiger partial charge in [-0.2, -0.15) is 0 Å². The van der Waals surface area contributed by atoms with Crippen molar-refractivity contribution in [3.63, 3.8) is 0 Å². The van der Waals surface area contributed by atoms with E-state index in [4.69, 9.17) is 5.11 Å². The van der Waals surface area contributed by atoms with Crippen LogP contribution in [0, 0.1) is 11.8 Å². The number of hydrogen-bond donors (Lipinski definition) is 1. The lowest BCUT2D eigenvalue weighted by Gasteiger charge is -2.25. The lowest BCUT2D eigenvalue weighted by molar-refractivity contribution is -0.141. The van der Waals surface area contributed by atoms with Crippen LogP contribution in [-0.4, -0.2) is 59.0 Å². The van der Waals surface area contributed by atoms with Crippen LogP contribution in [0.1, 0.15) is 26.7 Å². The monoisotopic (exact) mass is 254 g/mol. The number of carbonyl (C=O) groups excluding carboxylic acids is 1. The van der Waals surface area contributed by atoms with Crippen LogP contribution >= 0.6 is 0 Å². The van der Waals surface area contributed by atoms with Crippen molar-refractivity contribution in [1.29, 1.82) is 0 Å². The van der Waals surface area contributed by atoms with Crippen molar-refractivity contribution in [1.82, 2.24) is 9.80 Å². The van der Waals surface area contributed by atoms with E-state index in [-0.39, 0.29) is 18.4 Å². The zero-order valence-corrected chi connectivity index (χ0v) is 11.1. The number of hydrogen-bond acceptors (Lipinski definition) is 3. The fraction of sp³-hybridized carbons (Fsp3) is 0.846. The van der Waals surface area contributed by atoms with E-state index in [1.807, 2.05) is 0 Å². The topological polar surface area (TPSA) is 60.9 Å². The molecule has 0 bridgehead atoms. The van der Waals surface area contributed by atoms with Crippen LogP contribution in [-0.2, 0) is 9.59 Å². The molecule has 2 fully saturated rings. The molecule has 18 heavy (non-hydrogen) atoms. The minimum atomic E-state index is -0.845. The molecule has 102 valence electrons. The molecule has 0 aromatic rings. The molecule has 0 saturated carbocycles. The third-order valence-electron chi connectivity index (χ3n) is 3.82. The summed E-state index contributed by atoms with van der Waals surface area (Å²) in [6.45, 7) is 7.75. The molecule has 0 spiro atoms. The van der Waals surface area contributed by atoms with E-state index in [1.165, 1.54) is 0 Å². The molecular weight excluding hydrogens is 232 g/mol. The fourth-order valence-electron chi connectivity index (χ4n) is 3.00. The highest BCUT2D eigenvalue weighted by atomic mass is 16.4. The number of carbonyl (C=O) groups is 2. The van der Waals surface area contributed by atoms with Crippen molar-refractivity contribution >= 4 is 11.9 Å². The van der Waals surface area contributed by atoms with E-state index in [9.17, 15) is 9.59 Å². The average molecular weight is 254 g/mol. The van der Waals surface area contributed by atoms with Gasteiger partial charge in [0, 0.05) is 38.6 Å². The van der Waals surface area contributed by atoms with Gasteiger partial charge in [-0.3, -0.25) is 9.59 Å². The molecule has 1 amide bonds.